The zero-order chi connectivity index (χ0) is 32.2. The van der Waals surface area contributed by atoms with Crippen LogP contribution in [0.4, 0.5) is 14.5 Å². The molecule has 3 N–H and O–H groups in total. The minimum absolute atomic E-state index is 0.0142. The number of nitrogens with zero attached hydrogens (tertiary/aromatic N) is 4. The van der Waals surface area contributed by atoms with Crippen LogP contribution in [0.3, 0.4) is 0 Å². The number of aliphatic imine (C=N–C) groups is 1. The van der Waals surface area contributed by atoms with Gasteiger partial charge in [-0.2, -0.15) is 0 Å². The fourth-order valence-corrected chi connectivity index (χ4v) is 5.85. The number of piperidine rings is 1. The second kappa shape index (κ2) is 14.0. The lowest BCUT2D eigenvalue weighted by atomic mass is 9.95. The Bertz CT molecular complexity index is 1640. The van der Waals surface area contributed by atoms with E-state index in [9.17, 15) is 28.3 Å². The van der Waals surface area contributed by atoms with Crippen molar-refractivity contribution in [2.45, 2.75) is 18.9 Å². The van der Waals surface area contributed by atoms with E-state index in [0.29, 0.717) is 50.4 Å². The highest BCUT2D eigenvalue weighted by atomic mass is 35.5. The molecule has 2 saturated heterocycles. The van der Waals surface area contributed by atoms with E-state index in [1.54, 1.807) is 11.9 Å². The standard InChI is InChI=1S/C30H30Cl2F2N6O5/c1-39-22(20-4-5-24(45-15-33)26(34)25(20)32)13-36-27(39)29(43)38-18-2-3-19(21(31)10-18)30(44)40-8-6-16(7-9-40)28(42)37-12-17-11-35-14-23(17)41/h2-5,10,12-13,16-17,23,35,41H,6-9,11,14-15H2,1H3,(H,38,43)/t17?,23-/m1/s1. The number of aliphatic hydroxyl groups is 1. The van der Waals surface area contributed by atoms with Crippen LogP contribution >= 0.6 is 23.2 Å². The van der Waals surface area contributed by atoms with Gasteiger partial charge in [-0.05, 0) is 43.2 Å². The number of carbonyl (C=O) groups excluding carboxylic acids is 3. The van der Waals surface area contributed by atoms with E-state index in [2.05, 4.69) is 25.3 Å². The molecule has 0 bridgehead atoms. The fourth-order valence-electron chi connectivity index (χ4n) is 5.34. The summed E-state index contributed by atoms with van der Waals surface area (Å²) in [4.78, 5) is 48.6. The van der Waals surface area contributed by atoms with Crippen LogP contribution in [0.2, 0.25) is 10.0 Å². The number of alkyl halides is 1. The number of halogens is 4. The first-order valence-corrected chi connectivity index (χ1v) is 14.9. The molecule has 1 unspecified atom stereocenters. The molecule has 11 nitrogen and oxygen atoms in total. The Labute approximate surface area is 267 Å². The summed E-state index contributed by atoms with van der Waals surface area (Å²) in [6.07, 6.45) is 3.22. The Hall–Kier alpha value is -3.91. The number of aliphatic hydroxyl groups excluding tert-OH is 1. The van der Waals surface area contributed by atoms with Gasteiger partial charge in [-0.3, -0.25) is 14.4 Å². The average molecular weight is 664 g/mol. The first-order valence-electron chi connectivity index (χ1n) is 14.1. The maximum absolute atomic E-state index is 14.5. The number of imidazole rings is 1. The van der Waals surface area contributed by atoms with Crippen molar-refractivity contribution in [3.63, 3.8) is 0 Å². The summed E-state index contributed by atoms with van der Waals surface area (Å²) in [5, 5.41) is 15.4. The molecule has 2 aliphatic rings. The number of hydrogen-bond acceptors (Lipinski definition) is 7. The molecule has 2 aliphatic heterocycles. The van der Waals surface area contributed by atoms with E-state index in [4.69, 9.17) is 23.2 Å². The molecule has 0 aliphatic carbocycles. The molecule has 0 radical (unpaired) electrons. The lowest BCUT2D eigenvalue weighted by molar-refractivity contribution is -0.122. The van der Waals surface area contributed by atoms with Crippen molar-refractivity contribution in [1.82, 2.24) is 19.8 Å². The van der Waals surface area contributed by atoms with Gasteiger partial charge in [0.2, 0.25) is 12.8 Å². The summed E-state index contributed by atoms with van der Waals surface area (Å²) in [6.45, 7) is 0.543. The van der Waals surface area contributed by atoms with Crippen molar-refractivity contribution in [1.29, 1.82) is 0 Å². The lowest BCUT2D eigenvalue weighted by Crippen LogP contribution is -2.40. The highest BCUT2D eigenvalue weighted by Crippen LogP contribution is 2.35. The van der Waals surface area contributed by atoms with E-state index in [1.165, 1.54) is 47.3 Å². The average Bonchev–Trinajstić information content (AvgIpc) is 3.62. The Morgan fingerprint density at radius 2 is 1.96 bits per heavy atom. The van der Waals surface area contributed by atoms with Crippen molar-refractivity contribution in [3.05, 3.63) is 63.8 Å². The van der Waals surface area contributed by atoms with Gasteiger partial charge < -0.3 is 29.9 Å². The van der Waals surface area contributed by atoms with Gasteiger partial charge in [-0.15, -0.1) is 0 Å². The van der Waals surface area contributed by atoms with Crippen molar-refractivity contribution < 1.29 is 33.0 Å². The molecule has 238 valence electrons. The molecule has 45 heavy (non-hydrogen) atoms. The smallest absolute Gasteiger partial charge is 0.291 e. The Balaban J connectivity index is 1.19. The largest absolute Gasteiger partial charge is 0.460 e. The molecular formula is C30H30Cl2F2N6O5. The SMILES string of the molecule is Cn1c(-c2ccc(OCF)c(F)c2Cl)cnc1C(=O)Nc1ccc(C(=O)N2CCC(C(=O)N=CC3CNC[C@H]3O)CC2)c(Cl)c1. The summed E-state index contributed by atoms with van der Waals surface area (Å²) in [5.41, 5.74) is 1.11. The summed E-state index contributed by atoms with van der Waals surface area (Å²) in [5.74, 6) is -2.94. The zero-order valence-corrected chi connectivity index (χ0v) is 25.6. The molecule has 5 rings (SSSR count). The van der Waals surface area contributed by atoms with Crippen molar-refractivity contribution in [2.24, 2.45) is 23.9 Å². The van der Waals surface area contributed by atoms with Crippen LogP contribution in [0.5, 0.6) is 5.75 Å². The summed E-state index contributed by atoms with van der Waals surface area (Å²) in [7, 11) is 1.55. The predicted molar refractivity (Wildman–Crippen MR) is 164 cm³/mol. The van der Waals surface area contributed by atoms with Gasteiger partial charge in [0.25, 0.3) is 11.8 Å². The number of ether oxygens (including phenoxy) is 1. The number of hydrogen-bond donors (Lipinski definition) is 3. The van der Waals surface area contributed by atoms with Gasteiger partial charge in [0, 0.05) is 62.5 Å². The molecule has 1 aromatic heterocycles. The van der Waals surface area contributed by atoms with Crippen LogP contribution in [-0.2, 0) is 11.8 Å². The number of anilines is 1. The third-order valence-electron chi connectivity index (χ3n) is 7.93. The molecule has 0 saturated carbocycles. The van der Waals surface area contributed by atoms with Crippen LogP contribution in [0.15, 0.2) is 41.5 Å². The molecule has 3 heterocycles. The van der Waals surface area contributed by atoms with Crippen LogP contribution in [0.25, 0.3) is 11.3 Å². The van der Waals surface area contributed by atoms with Crippen molar-refractivity contribution in [2.75, 3.05) is 38.4 Å². The van der Waals surface area contributed by atoms with Gasteiger partial charge in [-0.25, -0.2) is 18.8 Å². The van der Waals surface area contributed by atoms with Gasteiger partial charge >= 0.3 is 0 Å². The molecule has 15 heteroatoms. The number of aromatic nitrogens is 2. The number of amides is 3. The topological polar surface area (TPSA) is 138 Å². The van der Waals surface area contributed by atoms with Crippen LogP contribution in [-0.4, -0.2) is 82.6 Å². The van der Waals surface area contributed by atoms with Crippen LogP contribution < -0.4 is 15.4 Å². The molecule has 2 aromatic carbocycles. The predicted octanol–water partition coefficient (Wildman–Crippen LogP) is 4.12. The van der Waals surface area contributed by atoms with E-state index in [1.807, 2.05) is 0 Å². The Morgan fingerprint density at radius 3 is 2.62 bits per heavy atom. The van der Waals surface area contributed by atoms with Crippen LogP contribution in [0, 0.1) is 17.7 Å². The van der Waals surface area contributed by atoms with Crippen LogP contribution in [0.1, 0.15) is 33.8 Å². The fraction of sp³-hybridized carbons (Fsp3) is 0.367. The van der Waals surface area contributed by atoms with Gasteiger partial charge in [0.15, 0.2) is 17.4 Å². The van der Waals surface area contributed by atoms with Crippen molar-refractivity contribution in [3.8, 4) is 17.0 Å². The molecule has 2 atom stereocenters. The number of likely N-dealkylation sites (tertiary alicyclic amines) is 1. The molecule has 0 spiro atoms. The Kier molecular flexibility index (Phi) is 10.1. The zero-order valence-electron chi connectivity index (χ0n) is 24.1. The summed E-state index contributed by atoms with van der Waals surface area (Å²) < 4.78 is 33.0. The van der Waals surface area contributed by atoms with E-state index >= 15 is 0 Å². The van der Waals surface area contributed by atoms with E-state index in [0.717, 1.165) is 0 Å². The number of rotatable bonds is 8. The molecular weight excluding hydrogens is 633 g/mol. The minimum Gasteiger partial charge on any atom is -0.460 e. The number of carbonyl (C=O) groups is 3. The highest BCUT2D eigenvalue weighted by Gasteiger charge is 2.30. The molecule has 2 fully saturated rings. The van der Waals surface area contributed by atoms with E-state index in [-0.39, 0.29) is 56.4 Å². The highest BCUT2D eigenvalue weighted by molar-refractivity contribution is 6.34. The molecule has 3 amide bonds. The second-order valence-electron chi connectivity index (χ2n) is 10.7. The second-order valence-corrected chi connectivity index (χ2v) is 11.5. The minimum atomic E-state index is -1.22. The van der Waals surface area contributed by atoms with Gasteiger partial charge in [0.05, 0.1) is 33.6 Å². The first-order chi connectivity index (χ1) is 21.6. The number of β-amino-alcohol motifs (C(OH)–C–C–N with tert-alkyl or cyclic N) is 1. The maximum Gasteiger partial charge on any atom is 0.291 e. The quantitative estimate of drug-likeness (QED) is 0.309. The summed E-state index contributed by atoms with van der Waals surface area (Å²) >= 11 is 12.6. The number of benzene rings is 2. The summed E-state index contributed by atoms with van der Waals surface area (Å²) in [6, 6.07) is 7.15. The first kappa shape index (κ1) is 32.5. The monoisotopic (exact) mass is 662 g/mol. The third-order valence-corrected chi connectivity index (χ3v) is 8.62. The van der Waals surface area contributed by atoms with Gasteiger partial charge in [-0.1, -0.05) is 23.2 Å². The third kappa shape index (κ3) is 7.01. The van der Waals surface area contributed by atoms with E-state index < -0.39 is 24.7 Å². The lowest BCUT2D eigenvalue weighted by Gasteiger charge is -2.31. The van der Waals surface area contributed by atoms with Gasteiger partial charge in [0.1, 0.15) is 0 Å². The number of nitrogens with one attached hydrogen (secondary N) is 2. The maximum atomic E-state index is 14.5. The Morgan fingerprint density at radius 1 is 1.20 bits per heavy atom. The molecule has 3 aromatic rings. The normalized spacial score (nSPS) is 18.8. The van der Waals surface area contributed by atoms with Crippen molar-refractivity contribution >= 4 is 52.8 Å².